The summed E-state index contributed by atoms with van der Waals surface area (Å²) < 4.78 is 0. The molecule has 1 aromatic rings. The highest BCUT2D eigenvalue weighted by Gasteiger charge is 2.21. The van der Waals surface area contributed by atoms with Crippen molar-refractivity contribution in [3.63, 3.8) is 0 Å². The summed E-state index contributed by atoms with van der Waals surface area (Å²) in [6, 6.07) is 5.18. The molecule has 1 atom stereocenters. The number of carbonyl (C=O) groups excluding carboxylic acids is 3. The van der Waals surface area contributed by atoms with Crippen LogP contribution in [0.2, 0.25) is 0 Å². The second-order valence-corrected chi connectivity index (χ2v) is 4.33. The van der Waals surface area contributed by atoms with Gasteiger partial charge in [0.05, 0.1) is 12.5 Å². The van der Waals surface area contributed by atoms with Crippen LogP contribution in [0.15, 0.2) is 24.3 Å². The minimum Gasteiger partial charge on any atom is -0.548 e. The third-order valence-electron chi connectivity index (χ3n) is 2.66. The van der Waals surface area contributed by atoms with Crippen molar-refractivity contribution >= 4 is 17.8 Å². The van der Waals surface area contributed by atoms with E-state index in [1.165, 1.54) is 12.1 Å². The number of aromatic hydroxyl groups is 1. The topological polar surface area (TPSA) is 146 Å². The lowest BCUT2D eigenvalue weighted by Gasteiger charge is -2.18. The number of phenolic OH excluding ortho intramolecular Hbond substituents is 1. The van der Waals surface area contributed by atoms with Crippen molar-refractivity contribution in [1.82, 2.24) is 10.6 Å². The van der Waals surface area contributed by atoms with Crippen molar-refractivity contribution in [3.05, 3.63) is 29.8 Å². The predicted octanol–water partition coefficient (Wildman–Crippen LogP) is -3.47. The SMILES string of the molecule is [NH3+]CC(=O)N[C@@H](Cc1ccc(O)cc1)C(=O)NCC(=O)[O-]. The Bertz CT molecular complexity index is 515. The average molecular weight is 295 g/mol. The molecule has 0 saturated heterocycles. The molecule has 114 valence electrons. The Morgan fingerprint density at radius 3 is 2.38 bits per heavy atom. The van der Waals surface area contributed by atoms with Crippen molar-refractivity contribution in [2.45, 2.75) is 12.5 Å². The number of nitrogens with one attached hydrogen (secondary N) is 2. The number of carbonyl (C=O) groups is 3. The number of quaternary nitrogens is 1. The van der Waals surface area contributed by atoms with Crippen LogP contribution >= 0.6 is 0 Å². The van der Waals surface area contributed by atoms with Crippen LogP contribution in [0.3, 0.4) is 0 Å². The number of phenols is 1. The van der Waals surface area contributed by atoms with Crippen molar-refractivity contribution in [3.8, 4) is 5.75 Å². The van der Waals surface area contributed by atoms with Crippen LogP contribution in [0.5, 0.6) is 5.75 Å². The van der Waals surface area contributed by atoms with Gasteiger partial charge in [-0.2, -0.15) is 0 Å². The summed E-state index contributed by atoms with van der Waals surface area (Å²) in [6.45, 7) is -0.676. The van der Waals surface area contributed by atoms with Gasteiger partial charge >= 0.3 is 0 Å². The molecule has 0 spiro atoms. The molecule has 0 saturated carbocycles. The molecule has 1 rings (SSSR count). The zero-order valence-electron chi connectivity index (χ0n) is 11.3. The number of hydrogen-bond acceptors (Lipinski definition) is 5. The number of rotatable bonds is 7. The molecule has 0 aliphatic carbocycles. The Morgan fingerprint density at radius 2 is 1.86 bits per heavy atom. The third kappa shape index (κ3) is 5.91. The van der Waals surface area contributed by atoms with E-state index < -0.39 is 30.4 Å². The standard InChI is InChI=1S/C13H17N3O5/c14-6-11(18)16-10(13(21)15-7-12(19)20)5-8-1-3-9(17)4-2-8/h1-4,10,17H,5-7,14H2,(H,15,21)(H,16,18)(H,19,20)/t10-/m0/s1. The molecule has 0 unspecified atom stereocenters. The molecule has 0 aliphatic rings. The maximum absolute atomic E-state index is 11.9. The van der Waals surface area contributed by atoms with E-state index in [0.29, 0.717) is 5.56 Å². The van der Waals surface area contributed by atoms with Crippen LogP contribution < -0.4 is 21.5 Å². The summed E-state index contributed by atoms with van der Waals surface area (Å²) >= 11 is 0. The fraction of sp³-hybridized carbons (Fsp3) is 0.308. The van der Waals surface area contributed by atoms with Crippen LogP contribution in [0.1, 0.15) is 5.56 Å². The van der Waals surface area contributed by atoms with Gasteiger partial charge in [0.25, 0.3) is 5.91 Å². The van der Waals surface area contributed by atoms with E-state index in [1.54, 1.807) is 12.1 Å². The van der Waals surface area contributed by atoms with E-state index in [1.807, 2.05) is 0 Å². The number of carboxylic acids is 1. The predicted molar refractivity (Wildman–Crippen MR) is 69.5 cm³/mol. The molecule has 2 amide bonds. The van der Waals surface area contributed by atoms with E-state index in [2.05, 4.69) is 16.4 Å². The number of amides is 2. The first-order valence-electron chi connectivity index (χ1n) is 6.26. The maximum atomic E-state index is 11.9. The van der Waals surface area contributed by atoms with Gasteiger partial charge in [-0.05, 0) is 17.7 Å². The van der Waals surface area contributed by atoms with Gasteiger partial charge in [0.15, 0.2) is 6.54 Å². The van der Waals surface area contributed by atoms with Crippen molar-refractivity contribution < 1.29 is 30.3 Å². The molecule has 0 radical (unpaired) electrons. The minimum absolute atomic E-state index is 0.0418. The van der Waals surface area contributed by atoms with E-state index in [4.69, 9.17) is 0 Å². The van der Waals surface area contributed by atoms with E-state index in [0.717, 1.165) is 0 Å². The summed E-state index contributed by atoms with van der Waals surface area (Å²) in [7, 11) is 0. The molecular formula is C13H17N3O5. The number of carboxylic acid groups (broad SMARTS) is 1. The molecule has 0 fully saturated rings. The first-order chi connectivity index (χ1) is 9.92. The van der Waals surface area contributed by atoms with Gasteiger partial charge in [0.2, 0.25) is 5.91 Å². The van der Waals surface area contributed by atoms with Gasteiger partial charge in [-0.3, -0.25) is 9.59 Å². The highest BCUT2D eigenvalue weighted by atomic mass is 16.4. The maximum Gasteiger partial charge on any atom is 0.275 e. The van der Waals surface area contributed by atoms with E-state index >= 15 is 0 Å². The lowest BCUT2D eigenvalue weighted by molar-refractivity contribution is -0.355. The Balaban J connectivity index is 2.75. The zero-order valence-corrected chi connectivity index (χ0v) is 11.3. The molecular weight excluding hydrogens is 278 g/mol. The number of benzene rings is 1. The molecule has 0 aliphatic heterocycles. The summed E-state index contributed by atoms with van der Waals surface area (Å²) in [4.78, 5) is 33.6. The first-order valence-corrected chi connectivity index (χ1v) is 6.26. The minimum atomic E-state index is -1.42. The van der Waals surface area contributed by atoms with Crippen LogP contribution in [0.4, 0.5) is 0 Å². The number of hydrogen-bond donors (Lipinski definition) is 4. The lowest BCUT2D eigenvalue weighted by atomic mass is 10.0. The molecule has 6 N–H and O–H groups in total. The zero-order chi connectivity index (χ0) is 15.8. The second kappa shape index (κ2) is 7.85. The Morgan fingerprint density at radius 1 is 1.24 bits per heavy atom. The highest BCUT2D eigenvalue weighted by molar-refractivity contribution is 5.89. The quantitative estimate of drug-likeness (QED) is 0.413. The van der Waals surface area contributed by atoms with Crippen LogP contribution in [-0.2, 0) is 20.8 Å². The first kappa shape index (κ1) is 16.4. The molecule has 8 nitrogen and oxygen atoms in total. The smallest absolute Gasteiger partial charge is 0.275 e. The fourth-order valence-corrected chi connectivity index (χ4v) is 1.63. The van der Waals surface area contributed by atoms with Gasteiger partial charge in [0.1, 0.15) is 11.8 Å². The Hall–Kier alpha value is -2.61. The second-order valence-electron chi connectivity index (χ2n) is 4.33. The van der Waals surface area contributed by atoms with E-state index in [9.17, 15) is 24.6 Å². The van der Waals surface area contributed by atoms with Gasteiger partial charge < -0.3 is 31.4 Å². The van der Waals surface area contributed by atoms with Crippen molar-refractivity contribution in [2.75, 3.05) is 13.1 Å². The normalized spacial score (nSPS) is 11.5. The molecule has 21 heavy (non-hydrogen) atoms. The summed E-state index contributed by atoms with van der Waals surface area (Å²) in [5, 5.41) is 24.2. The molecule has 0 heterocycles. The summed E-state index contributed by atoms with van der Waals surface area (Å²) in [5.74, 6) is -2.40. The van der Waals surface area contributed by atoms with Gasteiger partial charge in [0, 0.05) is 6.42 Å². The molecule has 0 bridgehead atoms. The van der Waals surface area contributed by atoms with Crippen LogP contribution in [-0.4, -0.2) is 42.0 Å². The lowest BCUT2D eigenvalue weighted by Crippen LogP contribution is -2.60. The van der Waals surface area contributed by atoms with Crippen molar-refractivity contribution in [1.29, 1.82) is 0 Å². The average Bonchev–Trinajstić information content (AvgIpc) is 2.46. The molecule has 1 aromatic carbocycles. The molecule has 8 heteroatoms. The monoisotopic (exact) mass is 295 g/mol. The van der Waals surface area contributed by atoms with Crippen molar-refractivity contribution in [2.24, 2.45) is 0 Å². The highest BCUT2D eigenvalue weighted by Crippen LogP contribution is 2.11. The third-order valence-corrected chi connectivity index (χ3v) is 2.66. The summed E-state index contributed by atoms with van der Waals surface area (Å²) in [5.41, 5.74) is 4.11. The Kier molecular flexibility index (Phi) is 6.15. The van der Waals surface area contributed by atoms with Crippen LogP contribution in [0, 0.1) is 0 Å². The Labute approximate surface area is 120 Å². The van der Waals surface area contributed by atoms with Gasteiger partial charge in [-0.25, -0.2) is 0 Å². The van der Waals surface area contributed by atoms with Gasteiger partial charge in [-0.1, -0.05) is 12.1 Å². The van der Waals surface area contributed by atoms with E-state index in [-0.39, 0.29) is 18.7 Å². The largest absolute Gasteiger partial charge is 0.548 e. The summed E-state index contributed by atoms with van der Waals surface area (Å²) in [6.07, 6.45) is 0.158. The fourth-order valence-electron chi connectivity index (χ4n) is 1.63. The van der Waals surface area contributed by atoms with Gasteiger partial charge in [-0.15, -0.1) is 0 Å². The molecule has 0 aromatic heterocycles. The number of aliphatic carboxylic acids is 1. The van der Waals surface area contributed by atoms with Crippen LogP contribution in [0.25, 0.3) is 0 Å².